The Morgan fingerprint density at radius 2 is 1.95 bits per heavy atom. The van der Waals surface area contributed by atoms with E-state index in [2.05, 4.69) is 28.9 Å². The Kier molecular flexibility index (Phi) is 3.90. The molecule has 0 aliphatic rings. The lowest BCUT2D eigenvalue weighted by molar-refractivity contribution is 0.799. The van der Waals surface area contributed by atoms with Gasteiger partial charge in [0.2, 0.25) is 0 Å². The summed E-state index contributed by atoms with van der Waals surface area (Å²) in [5, 5.41) is 1.65. The van der Waals surface area contributed by atoms with Crippen LogP contribution in [0.15, 0.2) is 45.7 Å². The van der Waals surface area contributed by atoms with Gasteiger partial charge in [-0.2, -0.15) is 0 Å². The Morgan fingerprint density at radius 1 is 1.15 bits per heavy atom. The maximum atomic E-state index is 12.7. The molecule has 1 aromatic heterocycles. The maximum Gasteiger partial charge on any atom is 0.197 e. The Balaban J connectivity index is 2.40. The lowest BCUT2D eigenvalue weighted by atomic mass is 10.1. The first-order chi connectivity index (χ1) is 9.72. The molecule has 0 unspecified atom stereocenters. The number of rotatable bonds is 3. The number of hydrogen-bond donors (Lipinski definition) is 0. The molecular weight excluding hydrogens is 332 g/mol. The predicted molar refractivity (Wildman–Crippen MR) is 91.9 cm³/mol. The summed E-state index contributed by atoms with van der Waals surface area (Å²) in [6, 6.07) is 12.0. The minimum atomic E-state index is 0.138. The lowest BCUT2D eigenvalue weighted by Crippen LogP contribution is -2.03. The van der Waals surface area contributed by atoms with Gasteiger partial charge in [-0.05, 0) is 52.5 Å². The van der Waals surface area contributed by atoms with Crippen molar-refractivity contribution in [2.24, 2.45) is 0 Å². The van der Waals surface area contributed by atoms with Gasteiger partial charge in [0.15, 0.2) is 5.43 Å². The van der Waals surface area contributed by atoms with Gasteiger partial charge in [-0.1, -0.05) is 31.5 Å². The minimum Gasteiger partial charge on any atom is -0.288 e. The average Bonchev–Trinajstić information content (AvgIpc) is 2.47. The van der Waals surface area contributed by atoms with Crippen molar-refractivity contribution >= 4 is 47.4 Å². The summed E-state index contributed by atoms with van der Waals surface area (Å²) >= 11 is 5.27. The molecule has 0 radical (unpaired) electrons. The molecule has 0 spiro atoms. The number of halogens is 1. The van der Waals surface area contributed by atoms with Crippen LogP contribution in [0.1, 0.15) is 25.3 Å². The SMILES string of the molecule is CCCCc1ccc(Br)c2c(=O)c3ccccc3sc12. The van der Waals surface area contributed by atoms with Gasteiger partial charge in [-0.25, -0.2) is 0 Å². The molecular formula is C17H15BrOS. The van der Waals surface area contributed by atoms with Crippen LogP contribution in [0.5, 0.6) is 0 Å². The summed E-state index contributed by atoms with van der Waals surface area (Å²) in [5.41, 5.74) is 1.43. The van der Waals surface area contributed by atoms with Crippen LogP contribution in [-0.2, 0) is 6.42 Å². The number of unbranched alkanes of at least 4 members (excludes halogenated alkanes) is 1. The highest BCUT2D eigenvalue weighted by Crippen LogP contribution is 2.32. The third kappa shape index (κ3) is 2.29. The zero-order valence-electron chi connectivity index (χ0n) is 11.3. The van der Waals surface area contributed by atoms with Crippen LogP contribution in [0.2, 0.25) is 0 Å². The van der Waals surface area contributed by atoms with E-state index < -0.39 is 0 Å². The fourth-order valence-corrected chi connectivity index (χ4v) is 4.37. The van der Waals surface area contributed by atoms with Crippen LogP contribution in [0, 0.1) is 0 Å². The fourth-order valence-electron chi connectivity index (χ4n) is 2.48. The third-order valence-corrected chi connectivity index (χ3v) is 5.47. The van der Waals surface area contributed by atoms with Crippen LogP contribution in [-0.4, -0.2) is 0 Å². The Morgan fingerprint density at radius 3 is 2.75 bits per heavy atom. The lowest BCUT2D eigenvalue weighted by Gasteiger charge is -2.08. The first-order valence-electron chi connectivity index (χ1n) is 6.85. The highest BCUT2D eigenvalue weighted by molar-refractivity contribution is 9.10. The van der Waals surface area contributed by atoms with Crippen molar-refractivity contribution in [2.75, 3.05) is 0 Å². The van der Waals surface area contributed by atoms with E-state index in [4.69, 9.17) is 0 Å². The molecule has 0 aliphatic carbocycles. The zero-order chi connectivity index (χ0) is 14.1. The van der Waals surface area contributed by atoms with Crippen LogP contribution in [0.4, 0.5) is 0 Å². The standard InChI is InChI=1S/C17H15BrOS/c1-2-3-6-11-9-10-13(18)15-16(19)12-7-4-5-8-14(12)20-17(11)15/h4-5,7-10H,2-3,6H2,1H3. The highest BCUT2D eigenvalue weighted by atomic mass is 79.9. The van der Waals surface area contributed by atoms with Gasteiger partial charge in [-0.15, -0.1) is 11.3 Å². The molecule has 3 aromatic rings. The highest BCUT2D eigenvalue weighted by Gasteiger charge is 2.11. The zero-order valence-corrected chi connectivity index (χ0v) is 13.7. The van der Waals surface area contributed by atoms with Crippen LogP contribution in [0.3, 0.4) is 0 Å². The molecule has 3 rings (SSSR count). The maximum absolute atomic E-state index is 12.7. The molecule has 1 nitrogen and oxygen atoms in total. The van der Waals surface area contributed by atoms with Gasteiger partial charge < -0.3 is 0 Å². The van der Waals surface area contributed by atoms with Crippen LogP contribution < -0.4 is 5.43 Å². The molecule has 0 aliphatic heterocycles. The third-order valence-electron chi connectivity index (χ3n) is 3.56. The van der Waals surface area contributed by atoms with Crippen molar-refractivity contribution < 1.29 is 0 Å². The topological polar surface area (TPSA) is 17.1 Å². The molecule has 0 amide bonds. The van der Waals surface area contributed by atoms with E-state index >= 15 is 0 Å². The Labute approximate surface area is 130 Å². The van der Waals surface area contributed by atoms with Gasteiger partial charge in [-0.3, -0.25) is 4.79 Å². The predicted octanol–water partition coefficient (Wildman–Crippen LogP) is 5.52. The van der Waals surface area contributed by atoms with E-state index in [1.807, 2.05) is 30.3 Å². The molecule has 0 atom stereocenters. The van der Waals surface area contributed by atoms with Gasteiger partial charge in [0.1, 0.15) is 0 Å². The van der Waals surface area contributed by atoms with Crippen molar-refractivity contribution in [1.29, 1.82) is 0 Å². The summed E-state index contributed by atoms with van der Waals surface area (Å²) in [5.74, 6) is 0. The van der Waals surface area contributed by atoms with Crippen LogP contribution in [0.25, 0.3) is 20.2 Å². The van der Waals surface area contributed by atoms with E-state index in [9.17, 15) is 4.79 Å². The molecule has 102 valence electrons. The molecule has 0 saturated carbocycles. The summed E-state index contributed by atoms with van der Waals surface area (Å²) in [6.45, 7) is 2.19. The molecule has 3 heteroatoms. The molecule has 2 aromatic carbocycles. The minimum absolute atomic E-state index is 0.138. The molecule has 0 fully saturated rings. The molecule has 20 heavy (non-hydrogen) atoms. The van der Waals surface area contributed by atoms with Gasteiger partial charge in [0, 0.05) is 19.3 Å². The number of hydrogen-bond acceptors (Lipinski definition) is 2. The summed E-state index contributed by atoms with van der Waals surface area (Å²) in [6.07, 6.45) is 3.36. The molecule has 0 saturated heterocycles. The first kappa shape index (κ1) is 13.8. The fraction of sp³-hybridized carbons (Fsp3) is 0.235. The number of fused-ring (bicyclic) bond motifs is 2. The monoisotopic (exact) mass is 346 g/mol. The Bertz CT molecular complexity index is 835. The second-order valence-electron chi connectivity index (χ2n) is 4.94. The Hall–Kier alpha value is -1.19. The van der Waals surface area contributed by atoms with Gasteiger partial charge in [0.25, 0.3) is 0 Å². The van der Waals surface area contributed by atoms with E-state index in [1.54, 1.807) is 11.3 Å². The largest absolute Gasteiger partial charge is 0.288 e. The first-order valence-corrected chi connectivity index (χ1v) is 8.46. The van der Waals surface area contributed by atoms with Gasteiger partial charge >= 0.3 is 0 Å². The van der Waals surface area contributed by atoms with Crippen molar-refractivity contribution in [1.82, 2.24) is 0 Å². The molecule has 0 N–H and O–H groups in total. The van der Waals surface area contributed by atoms with E-state index in [1.165, 1.54) is 12.0 Å². The molecule has 0 bridgehead atoms. The smallest absolute Gasteiger partial charge is 0.197 e. The second-order valence-corrected chi connectivity index (χ2v) is 6.85. The molecule has 1 heterocycles. The van der Waals surface area contributed by atoms with Gasteiger partial charge in [0.05, 0.1) is 5.39 Å². The summed E-state index contributed by atoms with van der Waals surface area (Å²) in [4.78, 5) is 12.7. The normalized spacial score (nSPS) is 11.3. The average molecular weight is 347 g/mol. The van der Waals surface area contributed by atoms with Crippen molar-refractivity contribution in [3.05, 3.63) is 56.7 Å². The van der Waals surface area contributed by atoms with E-state index in [0.717, 1.165) is 37.5 Å². The quantitative estimate of drug-likeness (QED) is 0.570. The number of aryl methyl sites for hydroxylation is 1. The summed E-state index contributed by atoms with van der Waals surface area (Å²) < 4.78 is 3.11. The second kappa shape index (κ2) is 5.66. The van der Waals surface area contributed by atoms with Crippen LogP contribution >= 0.6 is 27.3 Å². The van der Waals surface area contributed by atoms with Crippen molar-refractivity contribution in [3.8, 4) is 0 Å². The van der Waals surface area contributed by atoms with Crippen molar-refractivity contribution in [3.63, 3.8) is 0 Å². The summed E-state index contributed by atoms with van der Waals surface area (Å²) in [7, 11) is 0. The van der Waals surface area contributed by atoms with E-state index in [-0.39, 0.29) is 5.43 Å². The number of benzene rings is 2. The van der Waals surface area contributed by atoms with E-state index in [0.29, 0.717) is 0 Å². The van der Waals surface area contributed by atoms with Crippen molar-refractivity contribution in [2.45, 2.75) is 26.2 Å².